The van der Waals surface area contributed by atoms with Crippen LogP contribution in [0.15, 0.2) is 55.6 Å². The van der Waals surface area contributed by atoms with Gasteiger partial charge >= 0.3 is 5.97 Å². The number of benzene rings is 1. The molecule has 3 heterocycles. The average Bonchev–Trinajstić information content (AvgIpc) is 3.67. The zero-order chi connectivity index (χ0) is 34.6. The summed E-state index contributed by atoms with van der Waals surface area (Å²) in [6.07, 6.45) is 4.57. The van der Waals surface area contributed by atoms with E-state index in [1.165, 1.54) is 4.90 Å². The third-order valence-corrected chi connectivity index (χ3v) is 11.0. The summed E-state index contributed by atoms with van der Waals surface area (Å²) in [5.41, 5.74) is -0.589. The summed E-state index contributed by atoms with van der Waals surface area (Å²) in [5, 5.41) is 10.2. The number of halogens is 1. The molecule has 2 unspecified atom stereocenters. The van der Waals surface area contributed by atoms with Crippen molar-refractivity contribution in [1.29, 1.82) is 0 Å². The Kier molecular flexibility index (Phi) is 12.1. The summed E-state index contributed by atoms with van der Waals surface area (Å²) < 4.78 is 13.0. The lowest BCUT2D eigenvalue weighted by atomic mass is 9.70. The average molecular weight is 717 g/mol. The van der Waals surface area contributed by atoms with E-state index in [1.54, 1.807) is 35.9 Å². The van der Waals surface area contributed by atoms with Crippen LogP contribution in [0.5, 0.6) is 0 Å². The van der Waals surface area contributed by atoms with E-state index in [0.717, 1.165) is 12.8 Å². The van der Waals surface area contributed by atoms with Gasteiger partial charge in [-0.1, -0.05) is 71.8 Å². The van der Waals surface area contributed by atoms with E-state index >= 15 is 0 Å². The zero-order valence-electron chi connectivity index (χ0n) is 28.2. The first-order valence-corrected chi connectivity index (χ1v) is 17.6. The highest BCUT2D eigenvalue weighted by molar-refractivity contribution is 9.09. The number of rotatable bonds is 16. The van der Waals surface area contributed by atoms with Crippen LogP contribution >= 0.6 is 15.9 Å². The van der Waals surface area contributed by atoms with Crippen molar-refractivity contribution in [2.75, 3.05) is 20.2 Å². The molecule has 1 aromatic rings. The number of allylic oxidation sites excluding steroid dienone is 1. The molecule has 1 aromatic carbocycles. The first-order chi connectivity index (χ1) is 22.4. The fraction of sp³-hybridized carbons (Fsp3) is 0.611. The van der Waals surface area contributed by atoms with Crippen LogP contribution in [0, 0.1) is 11.8 Å². The molecule has 0 aliphatic carbocycles. The maximum Gasteiger partial charge on any atom is 0.313 e. The Bertz CT molecular complexity index is 1330. The van der Waals surface area contributed by atoms with Gasteiger partial charge in [0.05, 0.1) is 36.6 Å². The lowest BCUT2D eigenvalue weighted by Gasteiger charge is -2.40. The molecule has 0 saturated carbocycles. The Hall–Kier alpha value is -3.02. The fourth-order valence-electron chi connectivity index (χ4n) is 7.66. The van der Waals surface area contributed by atoms with Gasteiger partial charge in [-0.2, -0.15) is 0 Å². The van der Waals surface area contributed by atoms with Crippen molar-refractivity contribution < 1.29 is 33.8 Å². The summed E-state index contributed by atoms with van der Waals surface area (Å²) in [7, 11) is 1.68. The van der Waals surface area contributed by atoms with Crippen LogP contribution in [-0.2, 0) is 28.7 Å². The van der Waals surface area contributed by atoms with Gasteiger partial charge in [0.25, 0.3) is 0 Å². The van der Waals surface area contributed by atoms with E-state index in [1.807, 2.05) is 51.1 Å². The maximum atomic E-state index is 14.5. The molecule has 3 amide bonds. The number of amides is 3. The number of ether oxygens (including phenoxy) is 2. The number of nitrogens with zero attached hydrogens (tertiary/aromatic N) is 3. The van der Waals surface area contributed by atoms with E-state index in [-0.39, 0.29) is 42.3 Å². The number of carbonyl (C=O) groups is 4. The number of aliphatic hydroxyl groups is 1. The van der Waals surface area contributed by atoms with Crippen LogP contribution in [0.3, 0.4) is 0 Å². The van der Waals surface area contributed by atoms with Gasteiger partial charge in [-0.15, -0.1) is 13.2 Å². The highest BCUT2D eigenvalue weighted by atomic mass is 79.9. The zero-order valence-corrected chi connectivity index (χ0v) is 29.8. The Labute approximate surface area is 287 Å². The number of hydrogen-bond donors (Lipinski definition) is 1. The molecule has 3 saturated heterocycles. The van der Waals surface area contributed by atoms with E-state index in [0.29, 0.717) is 18.4 Å². The molecule has 3 aliphatic heterocycles. The second-order valence-electron chi connectivity index (χ2n) is 13.2. The Morgan fingerprint density at radius 2 is 1.87 bits per heavy atom. The molecule has 258 valence electrons. The normalized spacial score (nSPS) is 28.6. The second-order valence-corrected chi connectivity index (χ2v) is 14.4. The summed E-state index contributed by atoms with van der Waals surface area (Å²) in [6.45, 7) is 15.0. The number of aliphatic hydroxyl groups excluding tert-OH is 1. The highest BCUT2D eigenvalue weighted by Gasteiger charge is 2.77. The molecule has 4 rings (SSSR count). The van der Waals surface area contributed by atoms with Gasteiger partial charge in [-0.3, -0.25) is 19.2 Å². The predicted molar refractivity (Wildman–Crippen MR) is 182 cm³/mol. The van der Waals surface area contributed by atoms with E-state index in [4.69, 9.17) is 9.47 Å². The summed E-state index contributed by atoms with van der Waals surface area (Å²) >= 11 is 3.72. The molecule has 3 fully saturated rings. The molecule has 47 heavy (non-hydrogen) atoms. The molecular formula is C36H50BrN3O7. The molecule has 10 nitrogen and oxygen atoms in total. The lowest BCUT2D eigenvalue weighted by molar-refractivity contribution is -0.165. The summed E-state index contributed by atoms with van der Waals surface area (Å²) in [5.74, 6) is -3.42. The van der Waals surface area contributed by atoms with Crippen molar-refractivity contribution in [3.63, 3.8) is 0 Å². The maximum absolute atomic E-state index is 14.5. The standard InChI is InChI=1S/C36H50BrN3O7/c1-8-11-18-27(42)38(7)24(6)30(25-16-13-12-14-17-25)46-35(45)28-29-33(43)40(23(5)21-41)32(36(29)20-26(37)31(28)47-36)34(44)39(19-10-3)22(4)15-9-2/h8,10,12-14,16-17,22-24,26,28-32,41H,1,3,9,11,15,18-21H2,2,4-7H3/t22?,23-,24+,26?,28+,29-,30-,31+,32+,36-/m1/s1. The predicted octanol–water partition coefficient (Wildman–Crippen LogP) is 4.42. The molecule has 0 radical (unpaired) electrons. The SMILES string of the molecule is C=CCCC(=O)N(C)[C@@H](C)[C@@H](OC(=O)[C@@H]1[C@H]2O[C@@]3(CC2Br)[C@H](C(=O)N(CC=C)C(C)CCC)N([C@H](C)CO)C(=O)[C@@H]13)c1ccccc1. The van der Waals surface area contributed by atoms with Gasteiger partial charge in [0.2, 0.25) is 17.7 Å². The molecule has 0 aromatic heterocycles. The largest absolute Gasteiger partial charge is 0.455 e. The van der Waals surface area contributed by atoms with E-state index < -0.39 is 59.6 Å². The summed E-state index contributed by atoms with van der Waals surface area (Å²) in [6, 6.07) is 6.84. The minimum Gasteiger partial charge on any atom is -0.455 e. The van der Waals surface area contributed by atoms with Crippen molar-refractivity contribution >= 4 is 39.6 Å². The van der Waals surface area contributed by atoms with Gasteiger partial charge in [0, 0.05) is 30.9 Å². The fourth-order valence-corrected chi connectivity index (χ4v) is 8.60. The minimum atomic E-state index is -1.29. The molecule has 11 heteroatoms. The van der Waals surface area contributed by atoms with E-state index in [9.17, 15) is 24.3 Å². The van der Waals surface area contributed by atoms with Crippen molar-refractivity contribution in [2.45, 2.75) is 107 Å². The first-order valence-electron chi connectivity index (χ1n) is 16.7. The Morgan fingerprint density at radius 1 is 1.19 bits per heavy atom. The number of hydrogen-bond acceptors (Lipinski definition) is 7. The number of likely N-dealkylation sites (N-methyl/N-ethyl adjacent to an activating group) is 1. The third kappa shape index (κ3) is 6.81. The van der Waals surface area contributed by atoms with E-state index in [2.05, 4.69) is 29.1 Å². The Balaban J connectivity index is 1.73. The van der Waals surface area contributed by atoms with Crippen molar-refractivity contribution in [2.24, 2.45) is 11.8 Å². The topological polar surface area (TPSA) is 117 Å². The van der Waals surface area contributed by atoms with Gasteiger partial charge in [-0.05, 0) is 45.6 Å². The van der Waals surface area contributed by atoms with Crippen molar-refractivity contribution in [3.05, 3.63) is 61.2 Å². The number of esters is 1. The molecule has 3 aliphatic rings. The first kappa shape index (κ1) is 36.8. The quantitative estimate of drug-likeness (QED) is 0.153. The van der Waals surface area contributed by atoms with Crippen LogP contribution in [0.2, 0.25) is 0 Å². The number of carbonyl (C=O) groups excluding carboxylic acids is 4. The third-order valence-electron chi connectivity index (χ3n) is 10.2. The van der Waals surface area contributed by atoms with Crippen LogP contribution in [0.1, 0.15) is 71.5 Å². The van der Waals surface area contributed by atoms with Gasteiger partial charge in [-0.25, -0.2) is 0 Å². The van der Waals surface area contributed by atoms with Crippen LogP contribution in [-0.4, -0.2) is 104 Å². The molecule has 1 N–H and O–H groups in total. The number of alkyl halides is 1. The highest BCUT2D eigenvalue weighted by Crippen LogP contribution is 2.61. The molecule has 2 bridgehead atoms. The number of fused-ring (bicyclic) bond motifs is 1. The van der Waals surface area contributed by atoms with Crippen LogP contribution in [0.25, 0.3) is 0 Å². The number of likely N-dealkylation sites (tertiary alicyclic amines) is 1. The Morgan fingerprint density at radius 3 is 2.47 bits per heavy atom. The van der Waals surface area contributed by atoms with Gasteiger partial charge in [0.1, 0.15) is 17.7 Å². The van der Waals surface area contributed by atoms with Crippen molar-refractivity contribution in [1.82, 2.24) is 14.7 Å². The minimum absolute atomic E-state index is 0.112. The molecular weight excluding hydrogens is 666 g/mol. The van der Waals surface area contributed by atoms with Gasteiger partial charge in [0.15, 0.2) is 0 Å². The van der Waals surface area contributed by atoms with Crippen molar-refractivity contribution in [3.8, 4) is 0 Å². The van der Waals surface area contributed by atoms with Gasteiger partial charge < -0.3 is 29.3 Å². The van der Waals surface area contributed by atoms with Crippen LogP contribution < -0.4 is 0 Å². The smallest absolute Gasteiger partial charge is 0.313 e. The lowest BCUT2D eigenvalue weighted by Crippen LogP contribution is -2.59. The molecule has 1 spiro atoms. The second kappa shape index (κ2) is 15.5. The molecule has 10 atom stereocenters. The monoisotopic (exact) mass is 715 g/mol. The summed E-state index contributed by atoms with van der Waals surface area (Å²) in [4.78, 5) is 60.8. The van der Waals surface area contributed by atoms with Crippen LogP contribution in [0.4, 0.5) is 0 Å².